The van der Waals surface area contributed by atoms with Crippen molar-refractivity contribution in [2.45, 2.75) is 6.92 Å². The second-order valence-corrected chi connectivity index (χ2v) is 3.76. The molecule has 0 spiro atoms. The molecule has 16 heavy (non-hydrogen) atoms. The van der Waals surface area contributed by atoms with E-state index in [1.807, 2.05) is 25.1 Å². The highest BCUT2D eigenvalue weighted by Gasteiger charge is 2.10. The summed E-state index contributed by atoms with van der Waals surface area (Å²) in [5, 5.41) is 10.1. The lowest BCUT2D eigenvalue weighted by molar-refractivity contribution is 0.415. The minimum atomic E-state index is 0.248. The predicted octanol–water partition coefficient (Wildman–Crippen LogP) is 3.08. The van der Waals surface area contributed by atoms with E-state index < -0.39 is 0 Å². The molecule has 0 amide bonds. The van der Waals surface area contributed by atoms with Gasteiger partial charge in [-0.1, -0.05) is 11.6 Å². The normalized spacial score (nSPS) is 10.1. The van der Waals surface area contributed by atoms with Crippen molar-refractivity contribution >= 4 is 22.5 Å². The summed E-state index contributed by atoms with van der Waals surface area (Å²) < 4.78 is 5.14. The Morgan fingerprint density at radius 3 is 2.81 bits per heavy atom. The summed E-state index contributed by atoms with van der Waals surface area (Å²) in [6.07, 6.45) is 0. The molecular weight excluding hydrogens is 224 g/mol. The third kappa shape index (κ3) is 1.58. The Labute approximate surface area is 98.2 Å². The molecule has 0 saturated heterocycles. The first-order chi connectivity index (χ1) is 7.67. The average Bonchev–Trinajstić information content (AvgIpc) is 2.29. The fourth-order valence-electron chi connectivity index (χ4n) is 1.62. The maximum Gasteiger partial charge on any atom is 0.147 e. The summed E-state index contributed by atoms with van der Waals surface area (Å²) >= 11 is 5.92. The second kappa shape index (κ2) is 3.99. The highest BCUT2D eigenvalue weighted by atomic mass is 35.5. The van der Waals surface area contributed by atoms with Gasteiger partial charge in [-0.25, -0.2) is 4.98 Å². The molecule has 1 heterocycles. The van der Waals surface area contributed by atoms with Gasteiger partial charge in [-0.05, 0) is 30.7 Å². The Balaban J connectivity index is 2.85. The van der Waals surface area contributed by atoms with Crippen molar-refractivity contribution in [3.05, 3.63) is 34.5 Å². The SMILES string of the molecule is COc1ccc2nc(Cl)c(C#N)c(C)c2c1. The number of aryl methyl sites for hydroxylation is 1. The Kier molecular flexibility index (Phi) is 2.67. The minimum absolute atomic E-state index is 0.248. The van der Waals surface area contributed by atoms with E-state index in [1.165, 1.54) is 0 Å². The lowest BCUT2D eigenvalue weighted by atomic mass is 10.1. The van der Waals surface area contributed by atoms with E-state index in [0.717, 1.165) is 22.2 Å². The lowest BCUT2D eigenvalue weighted by Crippen LogP contribution is -1.92. The molecule has 0 N–H and O–H groups in total. The van der Waals surface area contributed by atoms with Crippen LogP contribution in [0.15, 0.2) is 18.2 Å². The van der Waals surface area contributed by atoms with Gasteiger partial charge < -0.3 is 4.74 Å². The number of halogens is 1. The maximum atomic E-state index is 8.98. The van der Waals surface area contributed by atoms with Crippen molar-refractivity contribution < 1.29 is 4.74 Å². The van der Waals surface area contributed by atoms with E-state index in [1.54, 1.807) is 7.11 Å². The van der Waals surface area contributed by atoms with E-state index >= 15 is 0 Å². The topological polar surface area (TPSA) is 45.9 Å². The fourth-order valence-corrected chi connectivity index (χ4v) is 1.90. The summed E-state index contributed by atoms with van der Waals surface area (Å²) in [6.45, 7) is 1.86. The van der Waals surface area contributed by atoms with Crippen LogP contribution in [0, 0.1) is 18.3 Å². The monoisotopic (exact) mass is 232 g/mol. The van der Waals surface area contributed by atoms with Gasteiger partial charge in [0.05, 0.1) is 18.2 Å². The van der Waals surface area contributed by atoms with Crippen molar-refractivity contribution in [1.82, 2.24) is 4.98 Å². The summed E-state index contributed by atoms with van der Waals surface area (Å²) in [7, 11) is 1.60. The van der Waals surface area contributed by atoms with E-state index in [-0.39, 0.29) is 5.15 Å². The summed E-state index contributed by atoms with van der Waals surface area (Å²) in [4.78, 5) is 4.17. The van der Waals surface area contributed by atoms with Crippen molar-refractivity contribution in [2.24, 2.45) is 0 Å². The fraction of sp³-hybridized carbons (Fsp3) is 0.167. The van der Waals surface area contributed by atoms with E-state index in [2.05, 4.69) is 11.1 Å². The number of ether oxygens (including phenoxy) is 1. The van der Waals surface area contributed by atoms with E-state index in [0.29, 0.717) is 5.56 Å². The summed E-state index contributed by atoms with van der Waals surface area (Å²) in [5.41, 5.74) is 2.01. The molecule has 1 aromatic carbocycles. The van der Waals surface area contributed by atoms with Crippen LogP contribution >= 0.6 is 11.6 Å². The molecule has 2 aromatic rings. The molecule has 80 valence electrons. The minimum Gasteiger partial charge on any atom is -0.497 e. The van der Waals surface area contributed by atoms with Crippen molar-refractivity contribution in [3.8, 4) is 11.8 Å². The van der Waals surface area contributed by atoms with Gasteiger partial charge in [-0.3, -0.25) is 0 Å². The number of aromatic nitrogens is 1. The standard InChI is InChI=1S/C12H9ClN2O/c1-7-9-5-8(16-2)3-4-11(9)15-12(13)10(7)6-14/h3-5H,1-2H3. The molecule has 2 rings (SSSR count). The number of rotatable bonds is 1. The third-order valence-electron chi connectivity index (χ3n) is 2.52. The molecule has 0 radical (unpaired) electrons. The van der Waals surface area contributed by atoms with Gasteiger partial charge in [0.1, 0.15) is 17.0 Å². The molecule has 1 aromatic heterocycles. The molecule has 0 unspecified atom stereocenters. The lowest BCUT2D eigenvalue weighted by Gasteiger charge is -2.07. The van der Waals surface area contributed by atoms with Crippen LogP contribution in [0.2, 0.25) is 5.15 Å². The maximum absolute atomic E-state index is 8.98. The molecular formula is C12H9ClN2O. The Hall–Kier alpha value is -1.79. The van der Waals surface area contributed by atoms with Gasteiger partial charge >= 0.3 is 0 Å². The first-order valence-corrected chi connectivity index (χ1v) is 5.09. The van der Waals surface area contributed by atoms with Gasteiger partial charge in [-0.2, -0.15) is 5.26 Å². The van der Waals surface area contributed by atoms with Gasteiger partial charge in [0.2, 0.25) is 0 Å². The zero-order valence-electron chi connectivity index (χ0n) is 8.91. The van der Waals surface area contributed by atoms with Crippen molar-refractivity contribution in [2.75, 3.05) is 7.11 Å². The highest BCUT2D eigenvalue weighted by Crippen LogP contribution is 2.27. The number of nitrogens with zero attached hydrogens (tertiary/aromatic N) is 2. The van der Waals surface area contributed by atoms with E-state index in [4.69, 9.17) is 21.6 Å². The Morgan fingerprint density at radius 2 is 2.19 bits per heavy atom. The smallest absolute Gasteiger partial charge is 0.147 e. The van der Waals surface area contributed by atoms with Crippen LogP contribution in [0.1, 0.15) is 11.1 Å². The number of hydrogen-bond acceptors (Lipinski definition) is 3. The van der Waals surface area contributed by atoms with Gasteiger partial charge in [-0.15, -0.1) is 0 Å². The van der Waals surface area contributed by atoms with Crippen LogP contribution in [0.3, 0.4) is 0 Å². The second-order valence-electron chi connectivity index (χ2n) is 3.40. The van der Waals surface area contributed by atoms with Crippen molar-refractivity contribution in [3.63, 3.8) is 0 Å². The molecule has 0 fully saturated rings. The van der Waals surface area contributed by atoms with Crippen LogP contribution < -0.4 is 4.74 Å². The quantitative estimate of drug-likeness (QED) is 0.710. The van der Waals surface area contributed by atoms with E-state index in [9.17, 15) is 0 Å². The molecule has 0 aliphatic rings. The molecule has 4 heteroatoms. The van der Waals surface area contributed by atoms with Crippen LogP contribution in [-0.2, 0) is 0 Å². The largest absolute Gasteiger partial charge is 0.497 e. The number of nitriles is 1. The first kappa shape index (κ1) is 10.7. The molecule has 0 aliphatic heterocycles. The molecule has 0 aliphatic carbocycles. The number of pyridine rings is 1. The first-order valence-electron chi connectivity index (χ1n) is 4.71. The average molecular weight is 233 g/mol. The van der Waals surface area contributed by atoms with Crippen LogP contribution in [0.5, 0.6) is 5.75 Å². The number of methoxy groups -OCH3 is 1. The van der Waals surface area contributed by atoms with Gasteiger partial charge in [0.25, 0.3) is 0 Å². The van der Waals surface area contributed by atoms with Crippen LogP contribution in [0.25, 0.3) is 10.9 Å². The van der Waals surface area contributed by atoms with Gasteiger partial charge in [0, 0.05) is 5.39 Å². The van der Waals surface area contributed by atoms with Crippen LogP contribution in [0.4, 0.5) is 0 Å². The molecule has 0 bridgehead atoms. The van der Waals surface area contributed by atoms with Crippen molar-refractivity contribution in [1.29, 1.82) is 5.26 Å². The summed E-state index contributed by atoms with van der Waals surface area (Å²) in [6, 6.07) is 7.56. The summed E-state index contributed by atoms with van der Waals surface area (Å²) in [5.74, 6) is 0.739. The zero-order chi connectivity index (χ0) is 11.7. The molecule has 0 saturated carbocycles. The Morgan fingerprint density at radius 1 is 1.44 bits per heavy atom. The van der Waals surface area contributed by atoms with Crippen LogP contribution in [-0.4, -0.2) is 12.1 Å². The predicted molar refractivity (Wildman–Crippen MR) is 62.8 cm³/mol. The van der Waals surface area contributed by atoms with Gasteiger partial charge in [0.15, 0.2) is 0 Å². The third-order valence-corrected chi connectivity index (χ3v) is 2.79. The highest BCUT2D eigenvalue weighted by molar-refractivity contribution is 6.31. The molecule has 0 atom stereocenters. The number of fused-ring (bicyclic) bond motifs is 1. The zero-order valence-corrected chi connectivity index (χ0v) is 9.67. The number of benzene rings is 1. The number of hydrogen-bond donors (Lipinski definition) is 0. The molecule has 3 nitrogen and oxygen atoms in total. The Bertz CT molecular complexity index is 602.